The maximum atomic E-state index is 6.83. The van der Waals surface area contributed by atoms with Gasteiger partial charge >= 0.3 is 0 Å². The summed E-state index contributed by atoms with van der Waals surface area (Å²) in [7, 11) is 2.21. The molecule has 2 atom stereocenters. The lowest BCUT2D eigenvalue weighted by Gasteiger charge is -2.45. The molecule has 1 aromatic rings. The van der Waals surface area contributed by atoms with Gasteiger partial charge in [-0.2, -0.15) is 0 Å². The third kappa shape index (κ3) is 4.06. The van der Waals surface area contributed by atoms with Crippen LogP contribution in [0.1, 0.15) is 38.7 Å². The molecule has 1 aliphatic rings. The fraction of sp³-hybridized carbons (Fsp3) is 0.667. The normalized spacial score (nSPS) is 21.9. The van der Waals surface area contributed by atoms with Crippen LogP contribution in [0.2, 0.25) is 0 Å². The summed E-state index contributed by atoms with van der Waals surface area (Å²) < 4.78 is 0. The van der Waals surface area contributed by atoms with Gasteiger partial charge in [0.25, 0.3) is 0 Å². The van der Waals surface area contributed by atoms with E-state index in [2.05, 4.69) is 61.0 Å². The predicted octanol–water partition coefficient (Wildman–Crippen LogP) is 2.67. The van der Waals surface area contributed by atoms with Gasteiger partial charge in [-0.05, 0) is 26.0 Å². The van der Waals surface area contributed by atoms with Crippen molar-refractivity contribution in [2.45, 2.75) is 44.7 Å². The Balaban J connectivity index is 2.18. The Kier molecular flexibility index (Phi) is 5.80. The van der Waals surface area contributed by atoms with Gasteiger partial charge in [-0.1, -0.05) is 50.1 Å². The number of unbranched alkanes of at least 4 members (excludes halogenated alkanes) is 1. The van der Waals surface area contributed by atoms with E-state index in [9.17, 15) is 0 Å². The molecule has 0 aromatic heterocycles. The molecule has 1 heterocycles. The van der Waals surface area contributed by atoms with Crippen molar-refractivity contribution in [3.8, 4) is 0 Å². The molecule has 0 saturated carbocycles. The van der Waals surface area contributed by atoms with Crippen molar-refractivity contribution < 1.29 is 0 Å². The van der Waals surface area contributed by atoms with Crippen LogP contribution in [-0.4, -0.2) is 49.1 Å². The third-order valence-electron chi connectivity index (χ3n) is 4.90. The summed E-state index contributed by atoms with van der Waals surface area (Å²) in [5, 5.41) is 0. The largest absolute Gasteiger partial charge is 0.320 e. The molecule has 1 aliphatic heterocycles. The van der Waals surface area contributed by atoms with Crippen LogP contribution < -0.4 is 5.73 Å². The molecular formula is C18H31N3. The summed E-state index contributed by atoms with van der Waals surface area (Å²) in [5.41, 5.74) is 7.80. The van der Waals surface area contributed by atoms with Crippen molar-refractivity contribution in [1.29, 1.82) is 0 Å². The monoisotopic (exact) mass is 289 g/mol. The molecule has 0 bridgehead atoms. The highest BCUT2D eigenvalue weighted by atomic mass is 15.3. The van der Waals surface area contributed by atoms with Crippen molar-refractivity contribution >= 4 is 0 Å². The molecule has 2 rings (SSSR count). The average molecular weight is 289 g/mol. The van der Waals surface area contributed by atoms with E-state index in [4.69, 9.17) is 5.73 Å². The third-order valence-corrected chi connectivity index (χ3v) is 4.90. The smallest absolute Gasteiger partial charge is 0.0538 e. The van der Waals surface area contributed by atoms with Crippen LogP contribution >= 0.6 is 0 Å². The summed E-state index contributed by atoms with van der Waals surface area (Å²) in [5.74, 6) is 0. The van der Waals surface area contributed by atoms with Crippen molar-refractivity contribution in [1.82, 2.24) is 9.80 Å². The van der Waals surface area contributed by atoms with Gasteiger partial charge in [-0.15, -0.1) is 0 Å². The molecule has 0 radical (unpaired) electrons. The first-order valence-electron chi connectivity index (χ1n) is 8.32. The SMILES string of the molecule is CCCCC(N1CCN(C)CC1)C(C)(N)c1ccccc1. The standard InChI is InChI=1S/C18H31N3/c1-4-5-11-17(21-14-12-20(3)13-15-21)18(2,19)16-9-7-6-8-10-16/h6-10,17H,4-5,11-15,19H2,1-3H3. The first-order valence-corrected chi connectivity index (χ1v) is 8.32. The molecular weight excluding hydrogens is 258 g/mol. The Bertz CT molecular complexity index is 408. The fourth-order valence-electron chi connectivity index (χ4n) is 3.38. The van der Waals surface area contributed by atoms with E-state index in [0.29, 0.717) is 6.04 Å². The first-order chi connectivity index (χ1) is 10.1. The van der Waals surface area contributed by atoms with Crippen LogP contribution in [0.3, 0.4) is 0 Å². The summed E-state index contributed by atoms with van der Waals surface area (Å²) in [6.45, 7) is 9.02. The lowest BCUT2D eigenvalue weighted by Crippen LogP contribution is -2.59. The van der Waals surface area contributed by atoms with Crippen molar-refractivity contribution in [2.75, 3.05) is 33.2 Å². The van der Waals surface area contributed by atoms with Gasteiger partial charge in [0.15, 0.2) is 0 Å². The summed E-state index contributed by atoms with van der Waals surface area (Å²) in [4.78, 5) is 5.02. The summed E-state index contributed by atoms with van der Waals surface area (Å²) in [6.07, 6.45) is 3.66. The van der Waals surface area contributed by atoms with E-state index in [1.54, 1.807) is 0 Å². The van der Waals surface area contributed by atoms with Gasteiger partial charge in [-0.3, -0.25) is 4.90 Å². The summed E-state index contributed by atoms with van der Waals surface area (Å²) in [6, 6.07) is 11.0. The van der Waals surface area contributed by atoms with Crippen LogP contribution in [0.15, 0.2) is 30.3 Å². The Morgan fingerprint density at radius 1 is 1.14 bits per heavy atom. The van der Waals surface area contributed by atoms with Crippen molar-refractivity contribution in [2.24, 2.45) is 5.73 Å². The van der Waals surface area contributed by atoms with Crippen molar-refractivity contribution in [3.63, 3.8) is 0 Å². The average Bonchev–Trinajstić information content (AvgIpc) is 2.50. The highest BCUT2D eigenvalue weighted by molar-refractivity contribution is 5.25. The maximum Gasteiger partial charge on any atom is 0.0538 e. The second kappa shape index (κ2) is 7.39. The second-order valence-corrected chi connectivity index (χ2v) is 6.65. The van der Waals surface area contributed by atoms with Crippen LogP contribution in [0.25, 0.3) is 0 Å². The van der Waals surface area contributed by atoms with E-state index in [1.807, 2.05) is 0 Å². The summed E-state index contributed by atoms with van der Waals surface area (Å²) >= 11 is 0. The highest BCUT2D eigenvalue weighted by Gasteiger charge is 2.36. The van der Waals surface area contributed by atoms with Crippen LogP contribution in [-0.2, 0) is 5.54 Å². The zero-order valence-electron chi connectivity index (χ0n) is 13.9. The highest BCUT2D eigenvalue weighted by Crippen LogP contribution is 2.29. The van der Waals surface area contributed by atoms with E-state index in [-0.39, 0.29) is 5.54 Å². The minimum absolute atomic E-state index is 0.285. The lowest BCUT2D eigenvalue weighted by atomic mass is 9.81. The van der Waals surface area contributed by atoms with Crippen LogP contribution in [0.5, 0.6) is 0 Å². The van der Waals surface area contributed by atoms with Crippen LogP contribution in [0, 0.1) is 0 Å². The molecule has 0 amide bonds. The zero-order valence-corrected chi connectivity index (χ0v) is 13.9. The number of nitrogens with zero attached hydrogens (tertiary/aromatic N) is 2. The topological polar surface area (TPSA) is 32.5 Å². The molecule has 1 fully saturated rings. The van der Waals surface area contributed by atoms with Crippen LogP contribution in [0.4, 0.5) is 0 Å². The van der Waals surface area contributed by atoms with E-state index in [0.717, 1.165) is 26.2 Å². The molecule has 3 heteroatoms. The van der Waals surface area contributed by atoms with E-state index >= 15 is 0 Å². The zero-order chi connectivity index (χ0) is 15.3. The molecule has 3 nitrogen and oxygen atoms in total. The number of nitrogens with two attached hydrogens (primary N) is 1. The maximum absolute atomic E-state index is 6.83. The molecule has 1 saturated heterocycles. The Labute approximate surface area is 130 Å². The minimum Gasteiger partial charge on any atom is -0.320 e. The fourth-order valence-corrected chi connectivity index (χ4v) is 3.38. The predicted molar refractivity (Wildman–Crippen MR) is 90.4 cm³/mol. The van der Waals surface area contributed by atoms with Crippen molar-refractivity contribution in [3.05, 3.63) is 35.9 Å². The van der Waals surface area contributed by atoms with Gasteiger partial charge < -0.3 is 10.6 Å². The Morgan fingerprint density at radius 3 is 2.33 bits per heavy atom. The molecule has 0 aliphatic carbocycles. The van der Waals surface area contributed by atoms with Gasteiger partial charge in [0.1, 0.15) is 0 Å². The van der Waals surface area contributed by atoms with Gasteiger partial charge in [-0.25, -0.2) is 0 Å². The molecule has 118 valence electrons. The lowest BCUT2D eigenvalue weighted by molar-refractivity contribution is 0.0653. The molecule has 2 unspecified atom stereocenters. The molecule has 0 spiro atoms. The van der Waals surface area contributed by atoms with E-state index in [1.165, 1.54) is 24.8 Å². The number of piperazine rings is 1. The molecule has 2 N–H and O–H groups in total. The Hall–Kier alpha value is -0.900. The molecule has 1 aromatic carbocycles. The Morgan fingerprint density at radius 2 is 1.76 bits per heavy atom. The van der Waals surface area contributed by atoms with E-state index < -0.39 is 0 Å². The number of hydrogen-bond acceptors (Lipinski definition) is 3. The minimum atomic E-state index is -0.285. The first kappa shape index (κ1) is 16.5. The van der Waals surface area contributed by atoms with Gasteiger partial charge in [0.2, 0.25) is 0 Å². The second-order valence-electron chi connectivity index (χ2n) is 6.65. The number of likely N-dealkylation sites (N-methyl/N-ethyl adjacent to an activating group) is 1. The number of hydrogen-bond donors (Lipinski definition) is 1. The van der Waals surface area contributed by atoms with Gasteiger partial charge in [0, 0.05) is 32.2 Å². The molecule has 21 heavy (non-hydrogen) atoms. The van der Waals surface area contributed by atoms with Gasteiger partial charge in [0.05, 0.1) is 5.54 Å². The quantitative estimate of drug-likeness (QED) is 0.874. The number of rotatable bonds is 6. The number of benzene rings is 1.